The number of aryl methyl sites for hydroxylation is 1. The highest BCUT2D eigenvalue weighted by molar-refractivity contribution is 5.95. The predicted molar refractivity (Wildman–Crippen MR) is 71.6 cm³/mol. The van der Waals surface area contributed by atoms with E-state index in [4.69, 9.17) is 0 Å². The van der Waals surface area contributed by atoms with E-state index >= 15 is 0 Å². The summed E-state index contributed by atoms with van der Waals surface area (Å²) in [5.41, 5.74) is 1.35. The average molecular weight is 262 g/mol. The van der Waals surface area contributed by atoms with Crippen molar-refractivity contribution in [1.29, 1.82) is 0 Å². The van der Waals surface area contributed by atoms with Gasteiger partial charge in [-0.15, -0.1) is 0 Å². The fraction of sp³-hybridized carbons (Fsp3) is 0.533. The second kappa shape index (κ2) is 4.93. The first-order valence-corrected chi connectivity index (χ1v) is 6.94. The normalized spacial score (nSPS) is 23.5. The molecule has 1 amide bonds. The van der Waals surface area contributed by atoms with E-state index in [9.17, 15) is 9.18 Å². The molecule has 0 spiro atoms. The average Bonchev–Trinajstić information content (AvgIpc) is 2.85. The first-order chi connectivity index (χ1) is 9.15. The molecular weight excluding hydrogens is 243 g/mol. The van der Waals surface area contributed by atoms with Crippen molar-refractivity contribution in [3.63, 3.8) is 0 Å². The second-order valence-corrected chi connectivity index (χ2v) is 5.54. The fourth-order valence-corrected chi connectivity index (χ4v) is 3.21. The van der Waals surface area contributed by atoms with Crippen LogP contribution in [0.2, 0.25) is 0 Å². The zero-order valence-electron chi connectivity index (χ0n) is 11.2. The number of halogens is 1. The molecular formula is C15H19FN2O. The lowest BCUT2D eigenvalue weighted by Gasteiger charge is -2.37. The predicted octanol–water partition coefficient (Wildman–Crippen LogP) is 2.05. The number of hydrogen-bond acceptors (Lipinski definition) is 2. The van der Waals surface area contributed by atoms with Crippen LogP contribution in [-0.2, 0) is 0 Å². The van der Waals surface area contributed by atoms with Crippen LogP contribution in [0.4, 0.5) is 4.39 Å². The molecule has 2 heterocycles. The van der Waals surface area contributed by atoms with Crippen LogP contribution < -0.4 is 0 Å². The molecule has 1 aromatic rings. The number of benzene rings is 1. The summed E-state index contributed by atoms with van der Waals surface area (Å²) in [7, 11) is 0. The summed E-state index contributed by atoms with van der Waals surface area (Å²) < 4.78 is 13.1. The van der Waals surface area contributed by atoms with Crippen molar-refractivity contribution in [2.24, 2.45) is 0 Å². The molecule has 0 aromatic heterocycles. The molecule has 2 aliphatic rings. The number of piperazine rings is 1. The van der Waals surface area contributed by atoms with Gasteiger partial charge in [0, 0.05) is 31.2 Å². The van der Waals surface area contributed by atoms with Crippen molar-refractivity contribution in [1.82, 2.24) is 9.80 Å². The van der Waals surface area contributed by atoms with E-state index < -0.39 is 0 Å². The van der Waals surface area contributed by atoms with Crippen molar-refractivity contribution < 1.29 is 9.18 Å². The van der Waals surface area contributed by atoms with Gasteiger partial charge in [0.1, 0.15) is 5.82 Å². The van der Waals surface area contributed by atoms with Gasteiger partial charge in [-0.05, 0) is 50.1 Å². The molecule has 1 unspecified atom stereocenters. The molecule has 2 saturated heterocycles. The molecule has 0 N–H and O–H groups in total. The molecule has 102 valence electrons. The van der Waals surface area contributed by atoms with Crippen molar-refractivity contribution >= 4 is 5.91 Å². The van der Waals surface area contributed by atoms with E-state index in [0.29, 0.717) is 11.6 Å². The third kappa shape index (κ3) is 2.37. The number of fused-ring (bicyclic) bond motifs is 1. The minimum absolute atomic E-state index is 0.0454. The minimum atomic E-state index is -0.283. The lowest BCUT2D eigenvalue weighted by atomic mass is 10.1. The molecule has 0 bridgehead atoms. The van der Waals surface area contributed by atoms with Crippen LogP contribution in [0, 0.1) is 12.7 Å². The highest BCUT2D eigenvalue weighted by Gasteiger charge is 2.32. The van der Waals surface area contributed by atoms with Gasteiger partial charge >= 0.3 is 0 Å². The molecule has 2 fully saturated rings. The molecule has 4 heteroatoms. The van der Waals surface area contributed by atoms with Gasteiger partial charge in [0.05, 0.1) is 0 Å². The number of amides is 1. The Morgan fingerprint density at radius 1 is 1.32 bits per heavy atom. The van der Waals surface area contributed by atoms with Crippen LogP contribution >= 0.6 is 0 Å². The standard InChI is InChI=1S/C15H19FN2O/c1-11-9-12(16)4-5-14(11)15(19)18-8-7-17-6-2-3-13(17)10-18/h4-5,9,13H,2-3,6-8,10H2,1H3. The van der Waals surface area contributed by atoms with E-state index in [1.807, 2.05) is 4.90 Å². The lowest BCUT2D eigenvalue weighted by Crippen LogP contribution is -2.52. The van der Waals surface area contributed by atoms with Gasteiger partial charge in [0.25, 0.3) is 5.91 Å². The van der Waals surface area contributed by atoms with Gasteiger partial charge < -0.3 is 4.90 Å². The smallest absolute Gasteiger partial charge is 0.254 e. The van der Waals surface area contributed by atoms with Crippen LogP contribution in [0.5, 0.6) is 0 Å². The quantitative estimate of drug-likeness (QED) is 0.773. The van der Waals surface area contributed by atoms with Crippen LogP contribution in [0.1, 0.15) is 28.8 Å². The Morgan fingerprint density at radius 2 is 2.16 bits per heavy atom. The number of rotatable bonds is 1. The number of nitrogens with zero attached hydrogens (tertiary/aromatic N) is 2. The van der Waals surface area contributed by atoms with Gasteiger partial charge in [0.2, 0.25) is 0 Å². The summed E-state index contributed by atoms with van der Waals surface area (Å²) in [5, 5.41) is 0. The van der Waals surface area contributed by atoms with Crippen molar-refractivity contribution in [2.45, 2.75) is 25.8 Å². The molecule has 2 aliphatic heterocycles. The summed E-state index contributed by atoms with van der Waals surface area (Å²) in [6.07, 6.45) is 2.43. The third-order valence-electron chi connectivity index (χ3n) is 4.29. The third-order valence-corrected chi connectivity index (χ3v) is 4.29. The van der Waals surface area contributed by atoms with Crippen molar-refractivity contribution in [3.05, 3.63) is 35.1 Å². The highest BCUT2D eigenvalue weighted by Crippen LogP contribution is 2.23. The first-order valence-electron chi connectivity index (χ1n) is 6.94. The summed E-state index contributed by atoms with van der Waals surface area (Å²) in [6.45, 7) is 5.53. The Balaban J connectivity index is 1.76. The van der Waals surface area contributed by atoms with Crippen molar-refractivity contribution in [2.75, 3.05) is 26.2 Å². The van der Waals surface area contributed by atoms with E-state index in [1.165, 1.54) is 31.5 Å². The SMILES string of the molecule is Cc1cc(F)ccc1C(=O)N1CCN2CCCC2C1. The Labute approximate surface area is 113 Å². The summed E-state index contributed by atoms with van der Waals surface area (Å²) in [4.78, 5) is 16.9. The summed E-state index contributed by atoms with van der Waals surface area (Å²) in [6, 6.07) is 4.93. The Morgan fingerprint density at radius 3 is 2.95 bits per heavy atom. The highest BCUT2D eigenvalue weighted by atomic mass is 19.1. The molecule has 1 atom stereocenters. The van der Waals surface area contributed by atoms with Gasteiger partial charge in [-0.2, -0.15) is 0 Å². The van der Waals surface area contributed by atoms with E-state index in [0.717, 1.165) is 25.2 Å². The molecule has 0 saturated carbocycles. The zero-order valence-corrected chi connectivity index (χ0v) is 11.2. The molecule has 19 heavy (non-hydrogen) atoms. The monoisotopic (exact) mass is 262 g/mol. The van der Waals surface area contributed by atoms with Crippen molar-refractivity contribution in [3.8, 4) is 0 Å². The fourth-order valence-electron chi connectivity index (χ4n) is 3.21. The lowest BCUT2D eigenvalue weighted by molar-refractivity contribution is 0.0570. The van der Waals surface area contributed by atoms with Crippen LogP contribution in [0.3, 0.4) is 0 Å². The minimum Gasteiger partial charge on any atom is -0.336 e. The Bertz CT molecular complexity index is 503. The number of carbonyl (C=O) groups is 1. The summed E-state index contributed by atoms with van der Waals surface area (Å²) >= 11 is 0. The largest absolute Gasteiger partial charge is 0.336 e. The molecule has 3 rings (SSSR count). The van der Waals surface area contributed by atoms with E-state index in [2.05, 4.69) is 4.90 Å². The topological polar surface area (TPSA) is 23.6 Å². The Kier molecular flexibility index (Phi) is 3.27. The van der Waals surface area contributed by atoms with E-state index in [-0.39, 0.29) is 11.7 Å². The molecule has 3 nitrogen and oxygen atoms in total. The van der Waals surface area contributed by atoms with E-state index in [1.54, 1.807) is 13.0 Å². The van der Waals surface area contributed by atoms with Crippen LogP contribution in [-0.4, -0.2) is 47.9 Å². The summed E-state index contributed by atoms with van der Waals surface area (Å²) in [5.74, 6) is -0.237. The molecule has 0 radical (unpaired) electrons. The maximum atomic E-state index is 13.1. The molecule has 0 aliphatic carbocycles. The number of carbonyl (C=O) groups excluding carboxylic acids is 1. The second-order valence-electron chi connectivity index (χ2n) is 5.54. The Hall–Kier alpha value is -1.42. The first kappa shape index (κ1) is 12.6. The van der Waals surface area contributed by atoms with Crippen LogP contribution in [0.25, 0.3) is 0 Å². The van der Waals surface area contributed by atoms with Gasteiger partial charge in [-0.1, -0.05) is 0 Å². The van der Waals surface area contributed by atoms with Gasteiger partial charge in [0.15, 0.2) is 0 Å². The maximum absolute atomic E-state index is 13.1. The van der Waals surface area contributed by atoms with Crippen LogP contribution in [0.15, 0.2) is 18.2 Å². The van der Waals surface area contributed by atoms with Gasteiger partial charge in [-0.3, -0.25) is 9.69 Å². The van der Waals surface area contributed by atoms with Gasteiger partial charge in [-0.25, -0.2) is 4.39 Å². The zero-order chi connectivity index (χ0) is 13.4. The number of hydrogen-bond donors (Lipinski definition) is 0. The molecule has 1 aromatic carbocycles. The maximum Gasteiger partial charge on any atom is 0.254 e.